The van der Waals surface area contributed by atoms with E-state index >= 15 is 0 Å². The van der Waals surface area contributed by atoms with Gasteiger partial charge in [-0.05, 0) is 68.5 Å². The fraction of sp³-hybridized carbons (Fsp3) is 0.462. The summed E-state index contributed by atoms with van der Waals surface area (Å²) in [4.78, 5) is 27.5. The molecule has 0 spiro atoms. The van der Waals surface area contributed by atoms with Gasteiger partial charge < -0.3 is 10.2 Å². The van der Waals surface area contributed by atoms with Gasteiger partial charge in [-0.1, -0.05) is 42.8 Å². The van der Waals surface area contributed by atoms with Gasteiger partial charge in [-0.25, -0.2) is 8.42 Å². The molecule has 2 aromatic carbocycles. The lowest BCUT2D eigenvalue weighted by atomic mass is 10.1. The number of benzene rings is 2. The van der Waals surface area contributed by atoms with Crippen LogP contribution < -0.4 is 9.62 Å². The smallest absolute Gasteiger partial charge is 0.242 e. The number of amides is 2. The molecule has 0 saturated heterocycles. The van der Waals surface area contributed by atoms with E-state index in [2.05, 4.69) is 5.32 Å². The molecule has 7 nitrogen and oxygen atoms in total. The van der Waals surface area contributed by atoms with Crippen molar-refractivity contribution in [3.63, 3.8) is 0 Å². The maximum atomic E-state index is 13.3. The van der Waals surface area contributed by atoms with E-state index in [1.807, 2.05) is 51.1 Å². The second-order valence-electron chi connectivity index (χ2n) is 8.84. The van der Waals surface area contributed by atoms with Crippen LogP contribution in [0.15, 0.2) is 42.5 Å². The van der Waals surface area contributed by atoms with Gasteiger partial charge >= 0.3 is 0 Å². The lowest BCUT2D eigenvalue weighted by molar-refractivity contribution is -0.140. The van der Waals surface area contributed by atoms with Gasteiger partial charge in [0.05, 0.1) is 11.9 Å². The van der Waals surface area contributed by atoms with Crippen LogP contribution in [0, 0.1) is 13.8 Å². The quantitative estimate of drug-likeness (QED) is 0.447. The van der Waals surface area contributed by atoms with Gasteiger partial charge in [0.2, 0.25) is 21.8 Å². The number of nitrogens with one attached hydrogen (secondary N) is 1. The normalized spacial score (nSPS) is 12.2. The number of aryl methyl sites for hydroxylation is 2. The molecule has 0 fully saturated rings. The molecule has 9 heteroatoms. The summed E-state index contributed by atoms with van der Waals surface area (Å²) in [5.41, 5.74) is 3.27. The van der Waals surface area contributed by atoms with Crippen molar-refractivity contribution in [1.82, 2.24) is 10.2 Å². The van der Waals surface area contributed by atoms with Crippen molar-refractivity contribution < 1.29 is 18.0 Å². The standard InChI is InChI=1S/C26H36ClN3O4S/c1-6-15-28-26(32)21(4)29(18-22-11-13-23(27)14-12-22)25(31)8-7-16-30(35(5,33)34)24-17-19(2)9-10-20(24)3/h9-14,17,21H,6-8,15-16,18H2,1-5H3,(H,28,32)/t21-/m1/s1. The first kappa shape index (κ1) is 28.7. The van der Waals surface area contributed by atoms with Crippen molar-refractivity contribution in [2.75, 3.05) is 23.7 Å². The molecule has 0 radical (unpaired) electrons. The van der Waals surface area contributed by atoms with Crippen LogP contribution in [0.4, 0.5) is 5.69 Å². The minimum atomic E-state index is -3.54. The third kappa shape index (κ3) is 8.54. The van der Waals surface area contributed by atoms with Crippen LogP contribution in [0.5, 0.6) is 0 Å². The Hall–Kier alpha value is -2.58. The van der Waals surface area contributed by atoms with Crippen molar-refractivity contribution in [2.45, 2.75) is 59.5 Å². The zero-order valence-corrected chi connectivity index (χ0v) is 22.7. The van der Waals surface area contributed by atoms with Crippen LogP contribution in [-0.4, -0.2) is 50.5 Å². The molecule has 2 rings (SSSR count). The summed E-state index contributed by atoms with van der Waals surface area (Å²) >= 11 is 5.99. The van der Waals surface area contributed by atoms with E-state index in [0.29, 0.717) is 23.7 Å². The molecule has 0 bridgehead atoms. The second-order valence-corrected chi connectivity index (χ2v) is 11.2. The zero-order chi connectivity index (χ0) is 26.2. The molecule has 0 saturated carbocycles. The predicted molar refractivity (Wildman–Crippen MR) is 142 cm³/mol. The topological polar surface area (TPSA) is 86.8 Å². The number of anilines is 1. The highest BCUT2D eigenvalue weighted by molar-refractivity contribution is 7.92. The highest BCUT2D eigenvalue weighted by Crippen LogP contribution is 2.24. The van der Waals surface area contributed by atoms with E-state index in [1.54, 1.807) is 19.1 Å². The van der Waals surface area contributed by atoms with Crippen LogP contribution in [0.25, 0.3) is 0 Å². The molecule has 0 aromatic heterocycles. The van der Waals surface area contributed by atoms with Gasteiger partial charge in [-0.3, -0.25) is 13.9 Å². The third-order valence-electron chi connectivity index (χ3n) is 5.77. The monoisotopic (exact) mass is 521 g/mol. The summed E-state index contributed by atoms with van der Waals surface area (Å²) in [6.45, 7) is 8.40. The van der Waals surface area contributed by atoms with E-state index in [1.165, 1.54) is 15.5 Å². The molecule has 2 aromatic rings. The van der Waals surface area contributed by atoms with E-state index < -0.39 is 16.1 Å². The SMILES string of the molecule is CCCNC(=O)[C@@H](C)N(Cc1ccc(Cl)cc1)C(=O)CCCN(c1cc(C)ccc1C)S(C)(=O)=O. The van der Waals surface area contributed by atoms with E-state index in [9.17, 15) is 18.0 Å². The van der Waals surface area contributed by atoms with Gasteiger partial charge in [-0.15, -0.1) is 0 Å². The Bertz CT molecular complexity index is 1120. The molecule has 1 atom stereocenters. The summed E-state index contributed by atoms with van der Waals surface area (Å²) in [5, 5.41) is 3.44. The summed E-state index contributed by atoms with van der Waals surface area (Å²) < 4.78 is 26.4. The number of hydrogen-bond acceptors (Lipinski definition) is 4. The van der Waals surface area contributed by atoms with Crippen LogP contribution >= 0.6 is 11.6 Å². The minimum Gasteiger partial charge on any atom is -0.354 e. The molecule has 0 aliphatic carbocycles. The van der Waals surface area contributed by atoms with Gasteiger partial charge in [-0.2, -0.15) is 0 Å². The molecular weight excluding hydrogens is 486 g/mol. The highest BCUT2D eigenvalue weighted by atomic mass is 35.5. The Kier molecular flexibility index (Phi) is 10.6. The largest absolute Gasteiger partial charge is 0.354 e. The molecule has 0 aliphatic heterocycles. The minimum absolute atomic E-state index is 0.107. The zero-order valence-electron chi connectivity index (χ0n) is 21.2. The fourth-order valence-electron chi connectivity index (χ4n) is 3.74. The Labute approximate surface area is 214 Å². The van der Waals surface area contributed by atoms with E-state index in [4.69, 9.17) is 11.6 Å². The van der Waals surface area contributed by atoms with E-state index in [0.717, 1.165) is 23.1 Å². The van der Waals surface area contributed by atoms with Crippen LogP contribution in [0.3, 0.4) is 0 Å². The number of hydrogen-bond donors (Lipinski definition) is 1. The molecular formula is C26H36ClN3O4S. The average Bonchev–Trinajstić information content (AvgIpc) is 2.80. The number of carbonyl (C=O) groups excluding carboxylic acids is 2. The molecule has 0 heterocycles. The van der Waals surface area contributed by atoms with Gasteiger partial charge in [0.1, 0.15) is 6.04 Å². The number of carbonyl (C=O) groups is 2. The summed E-state index contributed by atoms with van der Waals surface area (Å²) in [5.74, 6) is -0.434. The van der Waals surface area contributed by atoms with Gasteiger partial charge in [0.25, 0.3) is 0 Å². The van der Waals surface area contributed by atoms with Crippen LogP contribution in [-0.2, 0) is 26.2 Å². The van der Waals surface area contributed by atoms with Crippen LogP contribution in [0.2, 0.25) is 5.02 Å². The summed E-state index contributed by atoms with van der Waals surface area (Å²) in [7, 11) is -3.54. The maximum Gasteiger partial charge on any atom is 0.242 e. The highest BCUT2D eigenvalue weighted by Gasteiger charge is 2.26. The first-order chi connectivity index (χ1) is 16.4. The molecule has 0 aliphatic rings. The molecule has 35 heavy (non-hydrogen) atoms. The van der Waals surface area contributed by atoms with Crippen molar-refractivity contribution in [3.05, 3.63) is 64.2 Å². The number of halogens is 1. The predicted octanol–water partition coefficient (Wildman–Crippen LogP) is 4.45. The second kappa shape index (κ2) is 12.9. The Morgan fingerprint density at radius 1 is 1.09 bits per heavy atom. The van der Waals surface area contributed by atoms with Gasteiger partial charge in [0.15, 0.2) is 0 Å². The lowest BCUT2D eigenvalue weighted by Crippen LogP contribution is -2.47. The van der Waals surface area contributed by atoms with E-state index in [-0.39, 0.29) is 31.3 Å². The van der Waals surface area contributed by atoms with Crippen molar-refractivity contribution >= 4 is 39.1 Å². The molecule has 0 unspecified atom stereocenters. The average molecular weight is 522 g/mol. The lowest BCUT2D eigenvalue weighted by Gasteiger charge is -2.29. The maximum absolute atomic E-state index is 13.3. The summed E-state index contributed by atoms with van der Waals surface area (Å²) in [6.07, 6.45) is 2.39. The number of rotatable bonds is 12. The fourth-order valence-corrected chi connectivity index (χ4v) is 4.88. The van der Waals surface area contributed by atoms with Crippen LogP contribution in [0.1, 0.15) is 49.8 Å². The molecule has 2 amide bonds. The molecule has 1 N–H and O–H groups in total. The van der Waals surface area contributed by atoms with Crippen molar-refractivity contribution in [3.8, 4) is 0 Å². The summed E-state index contributed by atoms with van der Waals surface area (Å²) in [6, 6.07) is 12.1. The Balaban J connectivity index is 2.18. The first-order valence-electron chi connectivity index (χ1n) is 11.8. The van der Waals surface area contributed by atoms with Crippen molar-refractivity contribution in [1.29, 1.82) is 0 Å². The van der Waals surface area contributed by atoms with Gasteiger partial charge in [0, 0.05) is 31.1 Å². The molecule has 192 valence electrons. The first-order valence-corrected chi connectivity index (χ1v) is 14.0. The van der Waals surface area contributed by atoms with Crippen molar-refractivity contribution in [2.24, 2.45) is 0 Å². The Morgan fingerprint density at radius 3 is 2.34 bits per heavy atom. The Morgan fingerprint density at radius 2 is 1.74 bits per heavy atom. The third-order valence-corrected chi connectivity index (χ3v) is 7.20. The number of sulfonamides is 1. The number of nitrogens with zero attached hydrogens (tertiary/aromatic N) is 2.